The molecule has 3 rings (SSSR count). The topological polar surface area (TPSA) is 58.2 Å². The molecule has 1 aromatic carbocycles. The summed E-state index contributed by atoms with van der Waals surface area (Å²) in [5.74, 6) is -0.374. The molecule has 1 heterocycles. The van der Waals surface area contributed by atoms with Crippen LogP contribution in [0.1, 0.15) is 25.3 Å². The van der Waals surface area contributed by atoms with E-state index in [1.165, 1.54) is 6.07 Å². The fourth-order valence-corrected chi connectivity index (χ4v) is 3.34. The summed E-state index contributed by atoms with van der Waals surface area (Å²) in [5.41, 5.74) is -0.135. The van der Waals surface area contributed by atoms with Crippen LogP contribution in [0.3, 0.4) is 0 Å². The lowest BCUT2D eigenvalue weighted by Gasteiger charge is -2.17. The van der Waals surface area contributed by atoms with Crippen molar-refractivity contribution in [3.05, 3.63) is 34.6 Å². The molecule has 2 fully saturated rings. The van der Waals surface area contributed by atoms with Crippen LogP contribution in [-0.4, -0.2) is 23.3 Å². The van der Waals surface area contributed by atoms with Crippen LogP contribution in [0.4, 0.5) is 4.39 Å². The van der Waals surface area contributed by atoms with E-state index in [-0.39, 0.29) is 35.2 Å². The van der Waals surface area contributed by atoms with Gasteiger partial charge in [-0.05, 0) is 31.7 Å². The molecule has 1 amide bonds. The van der Waals surface area contributed by atoms with Crippen LogP contribution in [0.25, 0.3) is 0 Å². The zero-order chi connectivity index (χ0) is 15.2. The first kappa shape index (κ1) is 14.5. The third-order valence-corrected chi connectivity index (χ3v) is 4.78. The van der Waals surface area contributed by atoms with E-state index in [1.54, 1.807) is 19.1 Å². The molecule has 3 unspecified atom stereocenters. The molecule has 0 bridgehead atoms. The Morgan fingerprint density at radius 1 is 1.52 bits per heavy atom. The maximum absolute atomic E-state index is 13.7. The van der Waals surface area contributed by atoms with E-state index in [1.807, 2.05) is 0 Å². The van der Waals surface area contributed by atoms with Crippen molar-refractivity contribution >= 4 is 23.3 Å². The lowest BCUT2D eigenvalue weighted by Crippen LogP contribution is -2.47. The molecule has 0 radical (unpaired) electrons. The number of carbonyl (C=O) groups is 2. The molecule has 4 nitrogen and oxygen atoms in total. The van der Waals surface area contributed by atoms with Crippen molar-refractivity contribution in [1.29, 1.82) is 0 Å². The van der Waals surface area contributed by atoms with Crippen LogP contribution in [0.15, 0.2) is 18.2 Å². The third-order valence-electron chi connectivity index (χ3n) is 4.49. The summed E-state index contributed by atoms with van der Waals surface area (Å²) in [5, 5.41) is 5.86. The van der Waals surface area contributed by atoms with Gasteiger partial charge in [-0.15, -0.1) is 0 Å². The molecule has 2 aliphatic rings. The van der Waals surface area contributed by atoms with E-state index in [4.69, 9.17) is 11.6 Å². The van der Waals surface area contributed by atoms with E-state index < -0.39 is 11.4 Å². The van der Waals surface area contributed by atoms with Crippen molar-refractivity contribution in [1.82, 2.24) is 10.6 Å². The van der Waals surface area contributed by atoms with Gasteiger partial charge in [0.1, 0.15) is 11.6 Å². The van der Waals surface area contributed by atoms with Gasteiger partial charge in [0.25, 0.3) is 0 Å². The number of piperidine rings is 1. The van der Waals surface area contributed by atoms with E-state index in [2.05, 4.69) is 10.6 Å². The largest absolute Gasteiger partial charge is 0.351 e. The van der Waals surface area contributed by atoms with Gasteiger partial charge in [-0.25, -0.2) is 4.39 Å². The van der Waals surface area contributed by atoms with Gasteiger partial charge >= 0.3 is 0 Å². The Labute approximate surface area is 127 Å². The second-order valence-electron chi connectivity index (χ2n) is 5.79. The minimum atomic E-state index is -0.512. The number of hydrogen-bond acceptors (Lipinski definition) is 3. The molecule has 6 heteroatoms. The van der Waals surface area contributed by atoms with Gasteiger partial charge in [0, 0.05) is 12.1 Å². The van der Waals surface area contributed by atoms with Crippen molar-refractivity contribution in [2.24, 2.45) is 5.92 Å². The number of benzene rings is 1. The number of Topliss-reactive ketones (excluding diaryl/α,β-unsaturated/α-hetero) is 1. The number of ketones is 1. The number of amides is 1. The Hall–Kier alpha value is -1.46. The Bertz CT molecular complexity index is 622. The minimum absolute atomic E-state index is 0.0394. The average Bonchev–Trinajstić information content (AvgIpc) is 3.03. The molecule has 112 valence electrons. The van der Waals surface area contributed by atoms with Crippen molar-refractivity contribution in [2.45, 2.75) is 37.9 Å². The summed E-state index contributed by atoms with van der Waals surface area (Å²) in [6, 6.07) is 4.30. The van der Waals surface area contributed by atoms with Crippen molar-refractivity contribution in [3.8, 4) is 0 Å². The molecule has 21 heavy (non-hydrogen) atoms. The van der Waals surface area contributed by atoms with Crippen LogP contribution in [-0.2, 0) is 16.1 Å². The summed E-state index contributed by atoms with van der Waals surface area (Å²) in [4.78, 5) is 23.7. The highest BCUT2D eigenvalue weighted by atomic mass is 35.5. The predicted molar refractivity (Wildman–Crippen MR) is 76.3 cm³/mol. The number of carbonyl (C=O) groups excluding carboxylic acids is 2. The number of hydrogen-bond donors (Lipinski definition) is 2. The number of nitrogens with one attached hydrogen (secondary N) is 2. The Morgan fingerprint density at radius 3 is 2.95 bits per heavy atom. The standard InChI is InChI=1S/C15H16ClFN2O2/c1-8(20)15-6-10(15)5-12(19-15)14(21)18-7-9-3-2-4-11(16)13(9)17/h2-4,10,12,19H,5-7H2,1H3,(H,18,21). The molecule has 1 saturated carbocycles. The van der Waals surface area contributed by atoms with Gasteiger partial charge in [-0.3, -0.25) is 14.9 Å². The number of rotatable bonds is 4. The average molecular weight is 311 g/mol. The summed E-state index contributed by atoms with van der Waals surface area (Å²) in [7, 11) is 0. The highest BCUT2D eigenvalue weighted by Gasteiger charge is 2.64. The first-order valence-electron chi connectivity index (χ1n) is 6.93. The Balaban J connectivity index is 1.59. The minimum Gasteiger partial charge on any atom is -0.351 e. The van der Waals surface area contributed by atoms with Gasteiger partial charge in [-0.2, -0.15) is 0 Å². The fraction of sp³-hybridized carbons (Fsp3) is 0.467. The van der Waals surface area contributed by atoms with E-state index in [0.717, 1.165) is 6.42 Å². The van der Waals surface area contributed by atoms with Crippen molar-refractivity contribution in [2.75, 3.05) is 0 Å². The zero-order valence-corrected chi connectivity index (χ0v) is 12.3. The highest BCUT2D eigenvalue weighted by Crippen LogP contribution is 2.52. The highest BCUT2D eigenvalue weighted by molar-refractivity contribution is 6.30. The molecule has 3 atom stereocenters. The predicted octanol–water partition coefficient (Wildman–Crippen LogP) is 1.80. The molecular weight excluding hydrogens is 295 g/mol. The molecule has 1 aliphatic carbocycles. The number of halogens is 2. The maximum Gasteiger partial charge on any atom is 0.237 e. The van der Waals surface area contributed by atoms with E-state index in [0.29, 0.717) is 12.0 Å². The molecular formula is C15H16ClFN2O2. The van der Waals surface area contributed by atoms with Gasteiger partial charge < -0.3 is 5.32 Å². The molecule has 1 aromatic rings. The fourth-order valence-electron chi connectivity index (χ4n) is 3.14. The van der Waals surface area contributed by atoms with E-state index >= 15 is 0 Å². The quantitative estimate of drug-likeness (QED) is 0.891. The van der Waals surface area contributed by atoms with Crippen LogP contribution in [0.2, 0.25) is 5.02 Å². The summed E-state index contributed by atoms with van der Waals surface area (Å²) in [6.07, 6.45) is 1.47. The van der Waals surface area contributed by atoms with Gasteiger partial charge in [-0.1, -0.05) is 23.7 Å². The lowest BCUT2D eigenvalue weighted by atomic mass is 10.1. The van der Waals surface area contributed by atoms with Gasteiger partial charge in [0.2, 0.25) is 5.91 Å². The smallest absolute Gasteiger partial charge is 0.237 e. The Kier molecular flexibility index (Phi) is 3.50. The second kappa shape index (κ2) is 5.07. The van der Waals surface area contributed by atoms with Gasteiger partial charge in [0.05, 0.1) is 16.6 Å². The van der Waals surface area contributed by atoms with Crippen LogP contribution >= 0.6 is 11.6 Å². The second-order valence-corrected chi connectivity index (χ2v) is 6.20. The molecule has 2 N–H and O–H groups in total. The third kappa shape index (κ3) is 2.45. The van der Waals surface area contributed by atoms with Crippen LogP contribution in [0, 0.1) is 11.7 Å². The van der Waals surface area contributed by atoms with Crippen LogP contribution in [0.5, 0.6) is 0 Å². The molecule has 0 aromatic heterocycles. The van der Waals surface area contributed by atoms with Gasteiger partial charge in [0.15, 0.2) is 0 Å². The van der Waals surface area contributed by atoms with Crippen molar-refractivity contribution < 1.29 is 14.0 Å². The monoisotopic (exact) mass is 310 g/mol. The van der Waals surface area contributed by atoms with E-state index in [9.17, 15) is 14.0 Å². The zero-order valence-electron chi connectivity index (χ0n) is 11.6. The summed E-state index contributed by atoms with van der Waals surface area (Å²) in [6.45, 7) is 1.63. The van der Waals surface area contributed by atoms with Crippen molar-refractivity contribution in [3.63, 3.8) is 0 Å². The lowest BCUT2D eigenvalue weighted by molar-refractivity contribution is -0.123. The number of fused-ring (bicyclic) bond motifs is 1. The Morgan fingerprint density at radius 2 is 2.29 bits per heavy atom. The molecule has 1 aliphatic heterocycles. The first-order valence-corrected chi connectivity index (χ1v) is 7.31. The van der Waals surface area contributed by atoms with Crippen LogP contribution < -0.4 is 10.6 Å². The SMILES string of the molecule is CC(=O)C12CC1CC(C(=O)NCc1cccc(Cl)c1F)N2. The molecule has 0 spiro atoms. The maximum atomic E-state index is 13.7. The first-order chi connectivity index (χ1) is 9.94. The normalized spacial score (nSPS) is 29.9. The molecule has 1 saturated heterocycles. The summed E-state index contributed by atoms with van der Waals surface area (Å²) >= 11 is 5.70. The summed E-state index contributed by atoms with van der Waals surface area (Å²) < 4.78 is 13.7.